The van der Waals surface area contributed by atoms with Crippen molar-refractivity contribution in [2.24, 2.45) is 0 Å². The molecule has 22 heavy (non-hydrogen) atoms. The summed E-state index contributed by atoms with van der Waals surface area (Å²) in [6, 6.07) is 6.32. The maximum Gasteiger partial charge on any atom is 0.193 e. The zero-order valence-corrected chi connectivity index (χ0v) is 14.1. The van der Waals surface area contributed by atoms with Gasteiger partial charge in [0.1, 0.15) is 12.4 Å². The molecule has 0 amide bonds. The zero-order valence-electron chi connectivity index (χ0n) is 13.2. The highest BCUT2D eigenvalue weighted by atomic mass is 32.1. The molecule has 1 aromatic carbocycles. The van der Waals surface area contributed by atoms with Crippen molar-refractivity contribution >= 4 is 16.3 Å². The van der Waals surface area contributed by atoms with Crippen LogP contribution in [0.15, 0.2) is 36.0 Å². The number of hydrogen-bond donors (Lipinski definition) is 0. The third kappa shape index (κ3) is 3.67. The van der Waals surface area contributed by atoms with Gasteiger partial charge < -0.3 is 4.74 Å². The van der Waals surface area contributed by atoms with Gasteiger partial charge in [0, 0.05) is 30.9 Å². The molecule has 0 atom stereocenters. The van der Waals surface area contributed by atoms with Gasteiger partial charge in [-0.3, -0.25) is 9.30 Å². The average Bonchev–Trinajstić information content (AvgIpc) is 2.98. The Morgan fingerprint density at radius 1 is 1.23 bits per heavy atom. The zero-order chi connectivity index (χ0) is 15.5. The van der Waals surface area contributed by atoms with Gasteiger partial charge in [-0.2, -0.15) is 0 Å². The van der Waals surface area contributed by atoms with Crippen LogP contribution in [0.5, 0.6) is 5.75 Å². The first-order valence-corrected chi connectivity index (χ1v) is 8.29. The molecule has 0 aliphatic heterocycles. The van der Waals surface area contributed by atoms with Crippen molar-refractivity contribution in [2.75, 3.05) is 20.2 Å². The van der Waals surface area contributed by atoms with E-state index < -0.39 is 0 Å². The van der Waals surface area contributed by atoms with E-state index in [1.165, 1.54) is 11.1 Å². The summed E-state index contributed by atoms with van der Waals surface area (Å²) in [5.41, 5.74) is 3.57. The van der Waals surface area contributed by atoms with Crippen molar-refractivity contribution in [3.8, 4) is 5.75 Å². The van der Waals surface area contributed by atoms with E-state index in [2.05, 4.69) is 59.6 Å². The molecule has 116 valence electrons. The number of rotatable bonds is 6. The summed E-state index contributed by atoms with van der Waals surface area (Å²) in [5, 5.41) is 2.05. The molecule has 0 saturated heterocycles. The third-order valence-electron chi connectivity index (χ3n) is 3.51. The Bertz CT molecular complexity index is 713. The molecule has 5 heteroatoms. The molecule has 2 aromatic heterocycles. The number of fused-ring (bicyclic) bond motifs is 1. The maximum atomic E-state index is 5.85. The number of ether oxygens (including phenoxy) is 1. The van der Waals surface area contributed by atoms with Crippen molar-refractivity contribution in [2.45, 2.75) is 20.4 Å². The molecule has 0 aliphatic rings. The molecular formula is C17H21N3OS. The number of hydrogen-bond acceptors (Lipinski definition) is 4. The highest BCUT2D eigenvalue weighted by molar-refractivity contribution is 7.15. The van der Waals surface area contributed by atoms with Crippen molar-refractivity contribution in [3.63, 3.8) is 0 Å². The Labute approximate surface area is 135 Å². The van der Waals surface area contributed by atoms with Gasteiger partial charge in [0.15, 0.2) is 4.96 Å². The van der Waals surface area contributed by atoms with Crippen LogP contribution >= 0.6 is 11.3 Å². The van der Waals surface area contributed by atoms with Gasteiger partial charge >= 0.3 is 0 Å². The Morgan fingerprint density at radius 3 is 2.73 bits per heavy atom. The Balaban J connectivity index is 1.49. The third-order valence-corrected chi connectivity index (χ3v) is 4.28. The van der Waals surface area contributed by atoms with E-state index in [0.29, 0.717) is 6.61 Å². The van der Waals surface area contributed by atoms with Crippen molar-refractivity contribution in [3.05, 3.63) is 52.8 Å². The minimum absolute atomic E-state index is 0.682. The van der Waals surface area contributed by atoms with E-state index in [1.54, 1.807) is 11.3 Å². The van der Waals surface area contributed by atoms with Crippen LogP contribution < -0.4 is 4.74 Å². The van der Waals surface area contributed by atoms with Crippen LogP contribution in [0, 0.1) is 13.8 Å². The second-order valence-corrected chi connectivity index (χ2v) is 6.61. The number of aryl methyl sites for hydroxylation is 2. The summed E-state index contributed by atoms with van der Waals surface area (Å²) in [5.74, 6) is 0.952. The first-order chi connectivity index (χ1) is 10.6. The molecule has 0 fully saturated rings. The highest BCUT2D eigenvalue weighted by Crippen LogP contribution is 2.16. The largest absolute Gasteiger partial charge is 0.492 e. The van der Waals surface area contributed by atoms with Gasteiger partial charge in [-0.25, -0.2) is 4.98 Å². The van der Waals surface area contributed by atoms with Gasteiger partial charge in [-0.15, -0.1) is 11.3 Å². The standard InChI is InChI=1S/C17H21N3OS/c1-13-8-14(2)10-16(9-13)21-6-4-19(3)11-15-12-20-5-7-22-17(20)18-15/h5,7-10,12H,4,6,11H2,1-3H3. The van der Waals surface area contributed by atoms with Crippen LogP contribution in [0.2, 0.25) is 0 Å². The fourth-order valence-electron chi connectivity index (χ4n) is 2.54. The fourth-order valence-corrected chi connectivity index (χ4v) is 3.26. The Morgan fingerprint density at radius 2 is 2.00 bits per heavy atom. The molecule has 2 heterocycles. The number of likely N-dealkylation sites (N-methyl/N-ethyl adjacent to an activating group) is 1. The minimum Gasteiger partial charge on any atom is -0.492 e. The SMILES string of the molecule is Cc1cc(C)cc(OCCN(C)Cc2cn3ccsc3n2)c1. The van der Waals surface area contributed by atoms with E-state index in [9.17, 15) is 0 Å². The van der Waals surface area contributed by atoms with Crippen molar-refractivity contribution < 1.29 is 4.74 Å². The van der Waals surface area contributed by atoms with Gasteiger partial charge in [-0.05, 0) is 44.2 Å². The predicted molar refractivity (Wildman–Crippen MR) is 90.8 cm³/mol. The van der Waals surface area contributed by atoms with Crippen LogP contribution in [0.25, 0.3) is 4.96 Å². The van der Waals surface area contributed by atoms with Gasteiger partial charge in [0.2, 0.25) is 0 Å². The highest BCUT2D eigenvalue weighted by Gasteiger charge is 2.06. The van der Waals surface area contributed by atoms with Crippen LogP contribution in [0.1, 0.15) is 16.8 Å². The molecule has 0 spiro atoms. The van der Waals surface area contributed by atoms with Gasteiger partial charge in [0.25, 0.3) is 0 Å². The molecule has 0 N–H and O–H groups in total. The fraction of sp³-hybridized carbons (Fsp3) is 0.353. The van der Waals surface area contributed by atoms with E-state index in [1.807, 2.05) is 11.6 Å². The number of aromatic nitrogens is 2. The van der Waals surface area contributed by atoms with Crippen molar-refractivity contribution in [1.82, 2.24) is 14.3 Å². The molecular weight excluding hydrogens is 294 g/mol. The summed E-state index contributed by atoms with van der Waals surface area (Å²) in [7, 11) is 2.10. The molecule has 0 unspecified atom stereocenters. The first-order valence-electron chi connectivity index (χ1n) is 7.41. The molecule has 0 bridgehead atoms. The second kappa shape index (κ2) is 6.50. The summed E-state index contributed by atoms with van der Waals surface area (Å²) < 4.78 is 7.92. The Hall–Kier alpha value is -1.85. The average molecular weight is 315 g/mol. The van der Waals surface area contributed by atoms with Crippen LogP contribution in [-0.2, 0) is 6.54 Å². The number of imidazole rings is 1. The number of benzene rings is 1. The molecule has 0 radical (unpaired) electrons. The summed E-state index contributed by atoms with van der Waals surface area (Å²) in [6.07, 6.45) is 4.13. The van der Waals surface area contributed by atoms with Gasteiger partial charge in [0.05, 0.1) is 5.69 Å². The van der Waals surface area contributed by atoms with Crippen LogP contribution in [0.4, 0.5) is 0 Å². The van der Waals surface area contributed by atoms with E-state index in [4.69, 9.17) is 4.74 Å². The second-order valence-electron chi connectivity index (χ2n) is 5.73. The van der Waals surface area contributed by atoms with Crippen molar-refractivity contribution in [1.29, 1.82) is 0 Å². The number of nitrogens with zero attached hydrogens (tertiary/aromatic N) is 3. The normalized spacial score (nSPS) is 11.5. The first kappa shape index (κ1) is 15.1. The molecule has 3 aromatic rings. The lowest BCUT2D eigenvalue weighted by Crippen LogP contribution is -2.24. The van der Waals surface area contributed by atoms with Crippen LogP contribution in [0.3, 0.4) is 0 Å². The monoisotopic (exact) mass is 315 g/mol. The summed E-state index contributed by atoms with van der Waals surface area (Å²) >= 11 is 1.66. The van der Waals surface area contributed by atoms with E-state index in [0.717, 1.165) is 29.5 Å². The quantitative estimate of drug-likeness (QED) is 0.697. The van der Waals surface area contributed by atoms with Gasteiger partial charge in [-0.1, -0.05) is 6.07 Å². The van der Waals surface area contributed by atoms with Crippen LogP contribution in [-0.4, -0.2) is 34.5 Å². The lowest BCUT2D eigenvalue weighted by molar-refractivity contribution is 0.231. The lowest BCUT2D eigenvalue weighted by atomic mass is 10.1. The summed E-state index contributed by atoms with van der Waals surface area (Å²) in [6.45, 7) is 6.58. The molecule has 3 rings (SSSR count). The maximum absolute atomic E-state index is 5.85. The smallest absolute Gasteiger partial charge is 0.193 e. The summed E-state index contributed by atoms with van der Waals surface area (Å²) in [4.78, 5) is 7.88. The predicted octanol–water partition coefficient (Wildman–Crippen LogP) is 3.52. The lowest BCUT2D eigenvalue weighted by Gasteiger charge is -2.16. The minimum atomic E-state index is 0.682. The Kier molecular flexibility index (Phi) is 4.45. The topological polar surface area (TPSA) is 29.8 Å². The number of thiazole rings is 1. The van der Waals surface area contributed by atoms with E-state index in [-0.39, 0.29) is 0 Å². The molecule has 4 nitrogen and oxygen atoms in total. The molecule has 0 aliphatic carbocycles. The van der Waals surface area contributed by atoms with E-state index >= 15 is 0 Å². The molecule has 0 saturated carbocycles.